The van der Waals surface area contributed by atoms with Crippen molar-refractivity contribution in [3.8, 4) is 22.5 Å². The summed E-state index contributed by atoms with van der Waals surface area (Å²) in [5.74, 6) is -0.0781. The predicted octanol–water partition coefficient (Wildman–Crippen LogP) is 4.75. The number of benzene rings is 3. The van der Waals surface area contributed by atoms with Gasteiger partial charge in [0.25, 0.3) is 5.91 Å². The number of urea groups is 1. The maximum absolute atomic E-state index is 13.2. The topological polar surface area (TPSA) is 211 Å². The van der Waals surface area contributed by atoms with E-state index in [4.69, 9.17) is 10.2 Å². The van der Waals surface area contributed by atoms with E-state index in [1.54, 1.807) is 12.1 Å². The molecule has 338 valence electrons. The zero-order valence-electron chi connectivity index (χ0n) is 36.9. The number of thioether (sulfide) groups is 1. The van der Waals surface area contributed by atoms with Crippen LogP contribution in [-0.2, 0) is 9.59 Å². The average Bonchev–Trinajstić information content (AvgIpc) is 3.82. The Hall–Kier alpha value is -5.61. The number of carboxylic acid groups (broad SMARTS) is 1. The number of aromatic carboxylic acids is 1. The molecular formula is C47H63N8O7S+. The first-order chi connectivity index (χ1) is 30.3. The fourth-order valence-corrected chi connectivity index (χ4v) is 9.80. The van der Waals surface area contributed by atoms with Gasteiger partial charge >= 0.3 is 12.0 Å². The standard InChI is InChI=1S/C47H62N8O7S/c1-54(2)30-17-20-33-38(26-30)62-39-27-31(55(3)4)18-21-34(39)42(33)32-19-16-29(25-35(32)46(59)60)44(57)50-23-11-6-12-24-51-45(58)36(48)13-7-5-10-22-49-41(56)15-9-8-14-40-43-37(28-63-40)52-47(61)53-43/h16-21,25-27,36-37,40,43H,5-15,22-24,28,48H2,1-4H3,(H5-,49,50,51,52,53,56,57,58,59,60,61)/p+1. The maximum Gasteiger partial charge on any atom is 0.336 e. The molecule has 3 aliphatic heterocycles. The van der Waals surface area contributed by atoms with E-state index in [0.29, 0.717) is 66.6 Å². The largest absolute Gasteiger partial charge is 0.478 e. The van der Waals surface area contributed by atoms with Gasteiger partial charge < -0.3 is 46.7 Å². The number of nitrogens with zero attached hydrogens (tertiary/aromatic N) is 2. The first kappa shape index (κ1) is 46.9. The van der Waals surface area contributed by atoms with Crippen LogP contribution in [0.4, 0.5) is 10.5 Å². The fraction of sp³-hybridized carbons (Fsp3) is 0.489. The molecule has 2 aromatic carbocycles. The summed E-state index contributed by atoms with van der Waals surface area (Å²) in [6.07, 6.45) is 8.50. The molecule has 15 nitrogen and oxygen atoms in total. The molecule has 3 heterocycles. The zero-order chi connectivity index (χ0) is 45.0. The quantitative estimate of drug-likeness (QED) is 0.0249. The number of fused-ring (bicyclic) bond motifs is 3. The molecule has 1 aliphatic carbocycles. The summed E-state index contributed by atoms with van der Waals surface area (Å²) in [5.41, 5.74) is 9.91. The second-order valence-electron chi connectivity index (χ2n) is 17.0. The Morgan fingerprint density at radius 1 is 0.873 bits per heavy atom. The minimum atomic E-state index is -1.14. The summed E-state index contributed by atoms with van der Waals surface area (Å²) in [5, 5.41) is 27.3. The number of unbranched alkanes of at least 4 members (excludes halogenated alkanes) is 5. The average molecular weight is 884 g/mol. The normalized spacial score (nSPS) is 17.2. The first-order valence-electron chi connectivity index (χ1n) is 22.1. The highest BCUT2D eigenvalue weighted by Gasteiger charge is 2.42. The second kappa shape index (κ2) is 22.1. The molecule has 0 spiro atoms. The predicted molar refractivity (Wildman–Crippen MR) is 249 cm³/mol. The molecule has 2 aromatic rings. The van der Waals surface area contributed by atoms with Crippen LogP contribution in [-0.4, -0.2) is 112 Å². The molecular weight excluding hydrogens is 821 g/mol. The molecule has 6 rings (SSSR count). The van der Waals surface area contributed by atoms with Gasteiger partial charge in [0.05, 0.1) is 29.8 Å². The van der Waals surface area contributed by atoms with Crippen LogP contribution in [0, 0.1) is 0 Å². The van der Waals surface area contributed by atoms with Gasteiger partial charge in [-0.1, -0.05) is 25.3 Å². The highest BCUT2D eigenvalue weighted by molar-refractivity contribution is 8.00. The SMILES string of the molecule is CN(C)c1ccc2c(-c3ccc(C(=O)NCCCCCNC(=O)C(N)CCCCCNC(=O)CCCCC4SCC5NC(=O)NC54)cc3C(=O)O)c3ccc(=[N+](C)C)cc-3oc2c1. The van der Waals surface area contributed by atoms with E-state index in [9.17, 15) is 29.1 Å². The van der Waals surface area contributed by atoms with Crippen molar-refractivity contribution >= 4 is 58.1 Å². The Bertz CT molecular complexity index is 2330. The van der Waals surface area contributed by atoms with E-state index >= 15 is 0 Å². The summed E-state index contributed by atoms with van der Waals surface area (Å²) in [7, 11) is 7.78. The van der Waals surface area contributed by atoms with Crippen molar-refractivity contribution in [2.75, 3.05) is 58.5 Å². The number of nitrogens with two attached hydrogens (primary N) is 1. The van der Waals surface area contributed by atoms with Gasteiger partial charge in [0.1, 0.15) is 25.4 Å². The summed E-state index contributed by atoms with van der Waals surface area (Å²) in [6.45, 7) is 1.48. The van der Waals surface area contributed by atoms with Crippen LogP contribution >= 0.6 is 11.8 Å². The van der Waals surface area contributed by atoms with Crippen molar-refractivity contribution in [1.29, 1.82) is 0 Å². The van der Waals surface area contributed by atoms with Gasteiger partial charge in [-0.05, 0) is 80.8 Å². The molecule has 4 unspecified atom stereocenters. The molecule has 63 heavy (non-hydrogen) atoms. The number of amides is 5. The van der Waals surface area contributed by atoms with Crippen molar-refractivity contribution in [1.82, 2.24) is 31.2 Å². The van der Waals surface area contributed by atoms with Crippen molar-refractivity contribution < 1.29 is 33.5 Å². The molecule has 2 fully saturated rings. The molecule has 4 aliphatic rings. The van der Waals surface area contributed by atoms with Crippen molar-refractivity contribution in [2.24, 2.45) is 5.73 Å². The lowest BCUT2D eigenvalue weighted by Gasteiger charge is -2.19. The Morgan fingerprint density at radius 2 is 1.60 bits per heavy atom. The van der Waals surface area contributed by atoms with Crippen LogP contribution in [0.3, 0.4) is 0 Å². The molecule has 2 saturated heterocycles. The van der Waals surface area contributed by atoms with E-state index in [1.807, 2.05) is 85.8 Å². The summed E-state index contributed by atoms with van der Waals surface area (Å²) >= 11 is 1.89. The van der Waals surface area contributed by atoms with E-state index in [-0.39, 0.29) is 47.0 Å². The number of carbonyl (C=O) groups is 5. The lowest BCUT2D eigenvalue weighted by molar-refractivity contribution is -0.122. The Labute approximate surface area is 373 Å². The molecule has 8 N–H and O–H groups in total. The van der Waals surface area contributed by atoms with Crippen molar-refractivity contribution in [2.45, 2.75) is 94.0 Å². The number of carboxylic acids is 1. The van der Waals surface area contributed by atoms with Crippen molar-refractivity contribution in [3.63, 3.8) is 0 Å². The maximum atomic E-state index is 13.2. The van der Waals surface area contributed by atoms with Crippen molar-refractivity contribution in [3.05, 3.63) is 71.1 Å². The van der Waals surface area contributed by atoms with E-state index in [2.05, 4.69) is 26.6 Å². The van der Waals surface area contributed by atoms with Gasteiger partial charge in [0, 0.05) is 91.0 Å². The van der Waals surface area contributed by atoms with Crippen LogP contribution in [0.2, 0.25) is 0 Å². The highest BCUT2D eigenvalue weighted by Crippen LogP contribution is 2.42. The van der Waals surface area contributed by atoms with Crippen LogP contribution in [0.25, 0.3) is 33.4 Å². The molecule has 0 radical (unpaired) electrons. The Kier molecular flexibility index (Phi) is 16.5. The molecule has 0 bridgehead atoms. The van der Waals surface area contributed by atoms with Crippen LogP contribution < -0.4 is 47.2 Å². The first-order valence-corrected chi connectivity index (χ1v) is 23.2. The van der Waals surface area contributed by atoms with Gasteiger partial charge in [0.15, 0.2) is 0 Å². The van der Waals surface area contributed by atoms with E-state index in [0.717, 1.165) is 79.1 Å². The summed E-state index contributed by atoms with van der Waals surface area (Å²) < 4.78 is 8.38. The third kappa shape index (κ3) is 12.3. The molecule has 5 amide bonds. The molecule has 16 heteroatoms. The minimum Gasteiger partial charge on any atom is -0.478 e. The third-order valence-corrected chi connectivity index (χ3v) is 13.4. The van der Waals surface area contributed by atoms with Gasteiger partial charge in [-0.15, -0.1) is 0 Å². The van der Waals surface area contributed by atoms with E-state index in [1.165, 1.54) is 6.07 Å². The fourth-order valence-electron chi connectivity index (χ4n) is 8.26. The summed E-state index contributed by atoms with van der Waals surface area (Å²) in [6, 6.07) is 16.2. The van der Waals surface area contributed by atoms with Gasteiger partial charge in [0.2, 0.25) is 17.2 Å². The van der Waals surface area contributed by atoms with Crippen LogP contribution in [0.1, 0.15) is 91.3 Å². The Morgan fingerprint density at radius 3 is 2.35 bits per heavy atom. The van der Waals surface area contributed by atoms with Crippen LogP contribution in [0.15, 0.2) is 59.0 Å². The number of hydrogen-bond donors (Lipinski definition) is 7. The van der Waals surface area contributed by atoms with Crippen LogP contribution in [0.5, 0.6) is 0 Å². The Balaban J connectivity index is 0.874. The monoisotopic (exact) mass is 883 g/mol. The molecule has 4 atom stereocenters. The zero-order valence-corrected chi connectivity index (χ0v) is 37.7. The van der Waals surface area contributed by atoms with Gasteiger partial charge in [-0.2, -0.15) is 11.8 Å². The summed E-state index contributed by atoms with van der Waals surface area (Å²) in [4.78, 5) is 64.3. The van der Waals surface area contributed by atoms with Gasteiger partial charge in [-0.25, -0.2) is 14.2 Å². The number of anilines is 1. The molecule has 0 saturated carbocycles. The lowest BCUT2D eigenvalue weighted by atomic mass is 9.89. The number of rotatable bonds is 22. The number of nitrogens with one attached hydrogen (secondary N) is 5. The van der Waals surface area contributed by atoms with Gasteiger partial charge in [-0.3, -0.25) is 14.4 Å². The smallest absolute Gasteiger partial charge is 0.336 e. The second-order valence-corrected chi connectivity index (χ2v) is 18.2. The number of hydrogen-bond acceptors (Lipinski definition) is 9. The molecule has 0 aromatic heterocycles. The minimum absolute atomic E-state index is 0.0124. The third-order valence-electron chi connectivity index (χ3n) is 11.9. The number of carbonyl (C=O) groups excluding carboxylic acids is 4. The lowest BCUT2D eigenvalue weighted by Crippen LogP contribution is -2.40. The highest BCUT2D eigenvalue weighted by atomic mass is 32.2. The van der Waals surface area contributed by atoms with E-state index < -0.39 is 12.0 Å².